The highest BCUT2D eigenvalue weighted by Crippen LogP contribution is 2.78. The number of hydrogen-bond acceptors (Lipinski definition) is 3. The summed E-state index contributed by atoms with van der Waals surface area (Å²) < 4.78 is 18.1. The minimum Gasteiger partial charge on any atom is -0.456 e. The molecule has 13 rings (SSSR count). The minimum absolute atomic E-state index is 0.00245. The quantitative estimate of drug-likeness (QED) is 0.142. The zero-order valence-electron chi connectivity index (χ0n) is 45.1. The Kier molecular flexibility index (Phi) is 11.6. The van der Waals surface area contributed by atoms with Crippen LogP contribution in [0, 0.1) is 23.2 Å². The number of hydrogen-bond donors (Lipinski definition) is 0. The lowest BCUT2D eigenvalue weighted by Gasteiger charge is -2.59. The molecule has 0 bridgehead atoms. The van der Waals surface area contributed by atoms with Gasteiger partial charge in [0.25, 0.3) is 0 Å². The Bertz CT molecular complexity index is 3370. The van der Waals surface area contributed by atoms with E-state index < -0.39 is 0 Å². The van der Waals surface area contributed by atoms with Crippen molar-refractivity contribution >= 4 is 51.2 Å². The van der Waals surface area contributed by atoms with Gasteiger partial charge in [-0.1, -0.05) is 190 Å². The molecule has 0 N–H and O–H groups in total. The van der Waals surface area contributed by atoms with Gasteiger partial charge in [-0.2, -0.15) is 0 Å². The first-order valence-corrected chi connectivity index (χ1v) is 29.0. The lowest BCUT2D eigenvalue weighted by molar-refractivity contribution is -0.0674. The van der Waals surface area contributed by atoms with E-state index in [1.807, 2.05) is 0 Å². The van der Waals surface area contributed by atoms with Crippen molar-refractivity contribution in [2.24, 2.45) is 23.2 Å². The second-order valence-electron chi connectivity index (χ2n) is 25.2. The molecule has 4 nitrogen and oxygen atoms in total. The summed E-state index contributed by atoms with van der Waals surface area (Å²) in [6.45, 7) is 22.0. The van der Waals surface area contributed by atoms with Gasteiger partial charge in [-0.05, 0) is 127 Å². The Morgan fingerprint density at radius 2 is 1.51 bits per heavy atom. The van der Waals surface area contributed by atoms with Crippen LogP contribution in [0.3, 0.4) is 0 Å². The number of fused-ring (bicyclic) bond motifs is 17. The van der Waals surface area contributed by atoms with Crippen molar-refractivity contribution in [2.45, 2.75) is 185 Å². The van der Waals surface area contributed by atoms with E-state index in [-0.39, 0.29) is 46.3 Å². The maximum atomic E-state index is 8.03. The molecular weight excluding hydrogens is 889 g/mol. The van der Waals surface area contributed by atoms with Crippen LogP contribution in [0.15, 0.2) is 125 Å². The summed E-state index contributed by atoms with van der Waals surface area (Å²) in [6.07, 6.45) is 22.4. The molecule has 378 valence electrons. The molecule has 6 aliphatic rings. The molecule has 4 fully saturated rings. The Labute approximate surface area is 435 Å². The normalized spacial score (nSPS) is 30.5. The van der Waals surface area contributed by atoms with E-state index in [1.54, 1.807) is 11.1 Å². The Morgan fingerprint density at radius 3 is 2.27 bits per heavy atom. The Hall–Kier alpha value is -5.32. The zero-order chi connectivity index (χ0) is 50.0. The molecule has 0 radical (unpaired) electrons. The van der Waals surface area contributed by atoms with Crippen molar-refractivity contribution in [2.75, 3.05) is 4.90 Å². The molecule has 1 spiro atoms. The summed E-state index contributed by atoms with van der Waals surface area (Å²) in [7, 11) is 0. The number of ether oxygens (including phenoxy) is 1. The van der Waals surface area contributed by atoms with Crippen LogP contribution in [-0.2, 0) is 15.6 Å². The Morgan fingerprint density at radius 1 is 0.795 bits per heavy atom. The summed E-state index contributed by atoms with van der Waals surface area (Å²) >= 11 is 0. The van der Waals surface area contributed by atoms with Crippen molar-refractivity contribution < 1.29 is 9.15 Å². The van der Waals surface area contributed by atoms with Crippen LogP contribution < -0.4 is 15.5 Å². The van der Waals surface area contributed by atoms with Crippen LogP contribution in [0.1, 0.15) is 184 Å². The summed E-state index contributed by atoms with van der Waals surface area (Å²) in [5.41, 5.74) is 13.2. The molecule has 3 heterocycles. The summed E-state index contributed by atoms with van der Waals surface area (Å²) in [5.74, 6) is 1.81. The third kappa shape index (κ3) is 6.93. The van der Waals surface area contributed by atoms with Crippen LogP contribution in [-0.4, -0.2) is 22.8 Å². The zero-order valence-corrected chi connectivity index (χ0v) is 45.1. The number of furan rings is 1. The molecule has 4 heteroatoms. The molecule has 5 aromatic carbocycles. The molecule has 7 aromatic rings. The molecular formula is C69H80N2O2. The maximum Gasteiger partial charge on any atom is 0.139 e. The van der Waals surface area contributed by atoms with E-state index >= 15 is 0 Å². The summed E-state index contributed by atoms with van der Waals surface area (Å²) in [6, 6.07) is 43.2. The molecule has 5 aliphatic carbocycles. The van der Waals surface area contributed by atoms with Gasteiger partial charge >= 0.3 is 0 Å². The van der Waals surface area contributed by atoms with Crippen LogP contribution in [0.4, 0.5) is 5.69 Å². The number of anilines is 1. The monoisotopic (exact) mass is 969 g/mol. The highest BCUT2D eigenvalue weighted by atomic mass is 16.5. The van der Waals surface area contributed by atoms with Gasteiger partial charge in [0.05, 0.1) is 17.6 Å². The molecule has 2 aromatic heterocycles. The first-order valence-electron chi connectivity index (χ1n) is 29.0. The number of nitrogens with zero attached hydrogens (tertiary/aromatic N) is 2. The highest BCUT2D eigenvalue weighted by Gasteiger charge is 2.74. The average molecular weight is 969 g/mol. The van der Waals surface area contributed by atoms with Crippen molar-refractivity contribution in [3.8, 4) is 0 Å². The largest absolute Gasteiger partial charge is 0.456 e. The van der Waals surface area contributed by atoms with Crippen molar-refractivity contribution in [3.63, 3.8) is 0 Å². The van der Waals surface area contributed by atoms with Crippen LogP contribution >= 0.6 is 0 Å². The van der Waals surface area contributed by atoms with Gasteiger partial charge in [-0.25, -0.2) is 0 Å². The second kappa shape index (κ2) is 17.9. The fourth-order valence-corrected chi connectivity index (χ4v) is 17.5. The lowest BCUT2D eigenvalue weighted by atomic mass is 9.47. The van der Waals surface area contributed by atoms with Crippen LogP contribution in [0.5, 0.6) is 0 Å². The van der Waals surface area contributed by atoms with Gasteiger partial charge in [0.1, 0.15) is 11.2 Å². The molecule has 3 saturated carbocycles. The third-order valence-corrected chi connectivity index (χ3v) is 20.6. The van der Waals surface area contributed by atoms with E-state index in [4.69, 9.17) is 15.7 Å². The number of unbranched alkanes of at least 4 members (excludes halogenated alkanes) is 1. The van der Waals surface area contributed by atoms with Gasteiger partial charge in [-0.15, -0.1) is 0 Å². The van der Waals surface area contributed by atoms with Gasteiger partial charge in [-0.3, -0.25) is 0 Å². The Balaban J connectivity index is 1.09. The highest BCUT2D eigenvalue weighted by molar-refractivity contribution is 6.07. The number of rotatable bonds is 8. The van der Waals surface area contributed by atoms with E-state index in [2.05, 4.69) is 179 Å². The third-order valence-electron chi connectivity index (χ3n) is 20.6. The second-order valence-corrected chi connectivity index (χ2v) is 25.2. The summed E-state index contributed by atoms with van der Waals surface area (Å²) in [5, 5.41) is 6.19. The average Bonchev–Trinajstić information content (AvgIpc) is 4.15. The predicted octanol–water partition coefficient (Wildman–Crippen LogP) is 16.7. The van der Waals surface area contributed by atoms with Gasteiger partial charge in [0.2, 0.25) is 0 Å². The van der Waals surface area contributed by atoms with E-state index in [0.717, 1.165) is 29.2 Å². The standard InChI is InChI=1S/C69H80N2O2/c1-9-11-33-60-44(4)62-59(70(48-37-35-45(36-38-48)67(5,6)7)46(10-2)41-58-43(3)49-26-18-22-32-57(49)71(58)47-24-14-12-13-15-25-47)42-68(8)64(66(62)72-60)63-56(40-39-53-52-29-19-23-34-61(52)73-65(53)63)69(68)54-30-20-16-27-50(54)51-28-17-21-31-55(51)69/h10,16,18-20,22-23,26-27,29-30,32,34-41,44,47,51,55,59-60,62,64,66H,3,9,11-15,17,21,24-25,28,31,33,42H2,1-2,4-8H3/b46-10+,58-41+/t44?,51?,55?,59?,60?,62?,64?,66?,68-,69?/m0/s1. The van der Waals surface area contributed by atoms with Crippen LogP contribution in [0.2, 0.25) is 0 Å². The fraction of sp³-hybridized carbons (Fsp3) is 0.478. The van der Waals surface area contributed by atoms with Crippen molar-refractivity contribution in [1.29, 1.82) is 0 Å². The van der Waals surface area contributed by atoms with Crippen molar-refractivity contribution in [3.05, 3.63) is 159 Å². The number of aromatic nitrogens is 1. The lowest BCUT2D eigenvalue weighted by Crippen LogP contribution is -2.60. The van der Waals surface area contributed by atoms with E-state index in [9.17, 15) is 0 Å². The number of benzene rings is 5. The fourth-order valence-electron chi connectivity index (χ4n) is 17.5. The van der Waals surface area contributed by atoms with E-state index in [1.165, 1.54) is 132 Å². The minimum atomic E-state index is -0.215. The van der Waals surface area contributed by atoms with Gasteiger partial charge in [0.15, 0.2) is 0 Å². The molecule has 0 amide bonds. The maximum absolute atomic E-state index is 8.03. The first-order chi connectivity index (χ1) is 35.5. The number of para-hydroxylation sites is 2. The summed E-state index contributed by atoms with van der Waals surface area (Å²) in [4.78, 5) is 2.87. The van der Waals surface area contributed by atoms with E-state index in [0.29, 0.717) is 23.8 Å². The van der Waals surface area contributed by atoms with Gasteiger partial charge in [0, 0.05) is 73.2 Å². The smallest absolute Gasteiger partial charge is 0.139 e. The topological polar surface area (TPSA) is 30.5 Å². The van der Waals surface area contributed by atoms with Crippen molar-refractivity contribution in [1.82, 2.24) is 4.57 Å². The van der Waals surface area contributed by atoms with Crippen LogP contribution in [0.25, 0.3) is 45.5 Å². The molecule has 9 unspecified atom stereocenters. The molecule has 1 aliphatic heterocycles. The van der Waals surface area contributed by atoms with Gasteiger partial charge < -0.3 is 18.6 Å². The SMILES string of the molecule is C=c1/c(=C\C(=C/C)N(c2ccc(C(C)(C)C)cc2)C2C[C@@]3(C)C(c4c(ccc5c4oc4ccccc45)C34c3ccccc3C3CCCCC34)C3OC(CCCC)C(C)C32)n(C2CCCCCC2)c2ccccc12. The molecule has 73 heavy (non-hydrogen) atoms. The molecule has 10 atom stereocenters. The number of allylic oxidation sites excluding steroid dienone is 2. The molecule has 1 saturated heterocycles. The predicted molar refractivity (Wildman–Crippen MR) is 305 cm³/mol. The first kappa shape index (κ1) is 47.4.